The molecule has 0 heterocycles. The van der Waals surface area contributed by atoms with E-state index in [1.54, 1.807) is 6.07 Å². The first kappa shape index (κ1) is 15.6. The zero-order valence-electron chi connectivity index (χ0n) is 13.5. The molecule has 2 N–H and O–H groups in total. The first-order valence-electron chi connectivity index (χ1n) is 8.23. The molecule has 3 rings (SSSR count). The molecule has 118 valence electrons. The molecular formula is C21H23NO. The van der Waals surface area contributed by atoms with Gasteiger partial charge in [0.25, 0.3) is 0 Å². The Morgan fingerprint density at radius 2 is 1.83 bits per heavy atom. The maximum absolute atomic E-state index is 9.49. The van der Waals surface area contributed by atoms with Gasteiger partial charge < -0.3 is 10.4 Å². The van der Waals surface area contributed by atoms with Crippen LogP contribution >= 0.6 is 0 Å². The number of fused-ring (bicyclic) bond motifs is 1. The molecule has 2 heteroatoms. The fourth-order valence-electron chi connectivity index (χ4n) is 3.05. The number of aryl methyl sites for hydroxylation is 1. The maximum Gasteiger partial charge on any atom is 0.115 e. The molecule has 23 heavy (non-hydrogen) atoms. The molecule has 2 nitrogen and oxygen atoms in total. The van der Waals surface area contributed by atoms with Crippen LogP contribution in [0.4, 0.5) is 0 Å². The standard InChI is InChI=1S/C21H23NO/c1-16(20-13-12-18-9-3-2-4-11-21(18)20)22-14-6-8-17-7-5-10-19(23)15-17/h2-5,7,9-13,15-16,22-23H,6,8,14H2,1H3. The molecular weight excluding hydrogens is 282 g/mol. The smallest absolute Gasteiger partial charge is 0.115 e. The third-order valence-electron chi connectivity index (χ3n) is 4.30. The van der Waals surface area contributed by atoms with E-state index in [9.17, 15) is 5.11 Å². The van der Waals surface area contributed by atoms with E-state index in [1.807, 2.05) is 12.1 Å². The molecule has 0 amide bonds. The summed E-state index contributed by atoms with van der Waals surface area (Å²) in [6.07, 6.45) is 2.03. The Hall–Kier alpha value is -2.32. The molecule has 0 aliphatic heterocycles. The van der Waals surface area contributed by atoms with Gasteiger partial charge in [-0.15, -0.1) is 0 Å². The van der Waals surface area contributed by atoms with Gasteiger partial charge in [-0.3, -0.25) is 0 Å². The molecule has 1 aromatic carbocycles. The van der Waals surface area contributed by atoms with E-state index >= 15 is 0 Å². The van der Waals surface area contributed by atoms with Crippen molar-refractivity contribution >= 4 is 0 Å². The second kappa shape index (κ2) is 7.30. The Bertz CT molecular complexity index is 737. The van der Waals surface area contributed by atoms with Crippen LogP contribution in [0.15, 0.2) is 66.7 Å². The first-order valence-corrected chi connectivity index (χ1v) is 8.23. The SMILES string of the molecule is CC(NCCCc1cccc(O)c1)c1ccc2cccccc1-2. The monoisotopic (exact) mass is 305 g/mol. The van der Waals surface area contributed by atoms with Crippen molar-refractivity contribution in [2.24, 2.45) is 0 Å². The highest BCUT2D eigenvalue weighted by atomic mass is 16.3. The largest absolute Gasteiger partial charge is 0.508 e. The third-order valence-corrected chi connectivity index (χ3v) is 4.30. The first-order chi connectivity index (χ1) is 11.2. The second-order valence-corrected chi connectivity index (χ2v) is 6.02. The number of aromatic hydroxyl groups is 1. The van der Waals surface area contributed by atoms with Crippen LogP contribution in [0.25, 0.3) is 11.1 Å². The Balaban J connectivity index is 1.54. The number of hydrogen-bond acceptors (Lipinski definition) is 2. The number of rotatable bonds is 6. The van der Waals surface area contributed by atoms with Crippen molar-refractivity contribution in [3.63, 3.8) is 0 Å². The van der Waals surface area contributed by atoms with Crippen molar-refractivity contribution in [1.29, 1.82) is 0 Å². The van der Waals surface area contributed by atoms with Gasteiger partial charge in [0.2, 0.25) is 0 Å². The Kier molecular flexibility index (Phi) is 4.94. The minimum atomic E-state index is 0.332. The summed E-state index contributed by atoms with van der Waals surface area (Å²) in [5.74, 6) is 0.347. The van der Waals surface area contributed by atoms with Crippen LogP contribution < -0.4 is 5.32 Å². The fraction of sp³-hybridized carbons (Fsp3) is 0.238. The van der Waals surface area contributed by atoms with Crippen LogP contribution in [0.2, 0.25) is 0 Å². The molecule has 1 unspecified atom stereocenters. The van der Waals surface area contributed by atoms with E-state index in [4.69, 9.17) is 0 Å². The predicted octanol–water partition coefficient (Wildman–Crippen LogP) is 4.78. The molecule has 0 bridgehead atoms. The average Bonchev–Trinajstić information content (AvgIpc) is 2.80. The topological polar surface area (TPSA) is 32.3 Å². The maximum atomic E-state index is 9.49. The molecule has 2 aliphatic carbocycles. The Labute approximate surface area is 138 Å². The minimum absolute atomic E-state index is 0.332. The summed E-state index contributed by atoms with van der Waals surface area (Å²) in [6, 6.07) is 22.9. The van der Waals surface area contributed by atoms with Crippen LogP contribution in [-0.2, 0) is 6.42 Å². The number of phenols is 1. The van der Waals surface area contributed by atoms with Crippen LogP contribution in [0.1, 0.15) is 30.5 Å². The van der Waals surface area contributed by atoms with E-state index in [2.05, 4.69) is 60.8 Å². The van der Waals surface area contributed by atoms with Crippen LogP contribution in [-0.4, -0.2) is 11.7 Å². The fourth-order valence-corrected chi connectivity index (χ4v) is 3.05. The lowest BCUT2D eigenvalue weighted by Gasteiger charge is -2.14. The molecule has 0 spiro atoms. The minimum Gasteiger partial charge on any atom is -0.508 e. The highest BCUT2D eigenvalue weighted by molar-refractivity contribution is 5.70. The van der Waals surface area contributed by atoms with Crippen molar-refractivity contribution in [3.8, 4) is 16.9 Å². The molecule has 0 saturated carbocycles. The quantitative estimate of drug-likeness (QED) is 0.642. The number of hydrogen-bond donors (Lipinski definition) is 2. The zero-order valence-corrected chi connectivity index (χ0v) is 13.5. The van der Waals surface area contributed by atoms with Gasteiger partial charge >= 0.3 is 0 Å². The van der Waals surface area contributed by atoms with Crippen LogP contribution in [0, 0.1) is 0 Å². The summed E-state index contributed by atoms with van der Waals surface area (Å²) in [4.78, 5) is 0. The Morgan fingerprint density at radius 1 is 0.957 bits per heavy atom. The third kappa shape index (κ3) is 3.91. The van der Waals surface area contributed by atoms with Gasteiger partial charge in [-0.25, -0.2) is 0 Å². The van der Waals surface area contributed by atoms with Gasteiger partial charge in [0.05, 0.1) is 0 Å². The van der Waals surface area contributed by atoms with E-state index in [0.717, 1.165) is 19.4 Å². The Morgan fingerprint density at radius 3 is 2.70 bits per heavy atom. The summed E-state index contributed by atoms with van der Waals surface area (Å²) >= 11 is 0. The van der Waals surface area contributed by atoms with Crippen molar-refractivity contribution in [1.82, 2.24) is 5.32 Å². The zero-order chi connectivity index (χ0) is 16.1. The highest BCUT2D eigenvalue weighted by Crippen LogP contribution is 2.31. The number of nitrogens with one attached hydrogen (secondary N) is 1. The van der Waals surface area contributed by atoms with Crippen LogP contribution in [0.3, 0.4) is 0 Å². The van der Waals surface area contributed by atoms with Crippen molar-refractivity contribution < 1.29 is 5.11 Å². The summed E-state index contributed by atoms with van der Waals surface area (Å²) in [5.41, 5.74) is 5.15. The normalized spacial score (nSPS) is 12.4. The van der Waals surface area contributed by atoms with Gasteiger partial charge in [-0.2, -0.15) is 0 Å². The van der Waals surface area contributed by atoms with Crippen molar-refractivity contribution in [2.75, 3.05) is 6.54 Å². The second-order valence-electron chi connectivity index (χ2n) is 6.02. The lowest BCUT2D eigenvalue weighted by atomic mass is 10.0. The van der Waals surface area contributed by atoms with Crippen molar-refractivity contribution in [2.45, 2.75) is 25.8 Å². The summed E-state index contributed by atoms with van der Waals surface area (Å²) < 4.78 is 0. The molecule has 1 atom stereocenters. The van der Waals surface area contributed by atoms with E-state index in [0.29, 0.717) is 11.8 Å². The van der Waals surface area contributed by atoms with E-state index < -0.39 is 0 Å². The van der Waals surface area contributed by atoms with E-state index in [1.165, 1.54) is 22.3 Å². The number of benzene rings is 1. The van der Waals surface area contributed by atoms with Crippen LogP contribution in [0.5, 0.6) is 5.75 Å². The highest BCUT2D eigenvalue weighted by Gasteiger charge is 2.13. The lowest BCUT2D eigenvalue weighted by molar-refractivity contribution is 0.474. The van der Waals surface area contributed by atoms with Gasteiger partial charge in [-0.05, 0) is 60.7 Å². The molecule has 2 aliphatic rings. The van der Waals surface area contributed by atoms with Crippen molar-refractivity contribution in [3.05, 3.63) is 77.9 Å². The summed E-state index contributed by atoms with van der Waals surface area (Å²) in [5, 5.41) is 13.1. The van der Waals surface area contributed by atoms with Gasteiger partial charge in [0.1, 0.15) is 5.75 Å². The van der Waals surface area contributed by atoms with Gasteiger partial charge in [-0.1, -0.05) is 54.6 Å². The predicted molar refractivity (Wildman–Crippen MR) is 95.9 cm³/mol. The summed E-state index contributed by atoms with van der Waals surface area (Å²) in [6.45, 7) is 3.18. The van der Waals surface area contributed by atoms with E-state index in [-0.39, 0.29) is 0 Å². The molecule has 0 aromatic heterocycles. The molecule has 0 fully saturated rings. The van der Waals surface area contributed by atoms with Gasteiger partial charge in [0.15, 0.2) is 0 Å². The number of phenolic OH excluding ortho intramolecular Hbond substituents is 1. The molecule has 1 aromatic rings. The molecule has 0 radical (unpaired) electrons. The summed E-state index contributed by atoms with van der Waals surface area (Å²) in [7, 11) is 0. The van der Waals surface area contributed by atoms with Gasteiger partial charge in [0, 0.05) is 6.04 Å². The molecule has 0 saturated heterocycles. The average molecular weight is 305 g/mol. The lowest BCUT2D eigenvalue weighted by Crippen LogP contribution is -2.20.